The molecule has 128 valence electrons. The predicted molar refractivity (Wildman–Crippen MR) is 102 cm³/mol. The van der Waals surface area contributed by atoms with Gasteiger partial charge in [-0.3, -0.25) is 4.79 Å². The van der Waals surface area contributed by atoms with Crippen LogP contribution in [0.25, 0.3) is 0 Å². The Hall–Kier alpha value is -1.14. The molecule has 0 amide bonds. The van der Waals surface area contributed by atoms with E-state index in [0.29, 0.717) is 17.1 Å². The van der Waals surface area contributed by atoms with E-state index in [9.17, 15) is 9.00 Å². The predicted octanol–water partition coefficient (Wildman–Crippen LogP) is 4.86. The molecule has 0 fully saturated rings. The maximum absolute atomic E-state index is 12.2. The zero-order valence-electron chi connectivity index (χ0n) is 13.8. The lowest BCUT2D eigenvalue weighted by atomic mass is 10.2. The van der Waals surface area contributed by atoms with Gasteiger partial charge in [0, 0.05) is 26.9 Å². The van der Waals surface area contributed by atoms with Crippen LogP contribution >= 0.6 is 23.4 Å². The normalized spacial score (nSPS) is 12.8. The van der Waals surface area contributed by atoms with E-state index in [4.69, 9.17) is 11.6 Å². The molecule has 2 aromatic carbocycles. The van der Waals surface area contributed by atoms with Crippen molar-refractivity contribution in [2.75, 3.05) is 0 Å². The lowest BCUT2D eigenvalue weighted by Crippen LogP contribution is -2.33. The highest BCUT2D eigenvalue weighted by atomic mass is 35.5. The molecule has 1 N–H and O–H groups in total. The van der Waals surface area contributed by atoms with Crippen LogP contribution in [-0.4, -0.2) is 15.2 Å². The molecule has 24 heavy (non-hydrogen) atoms. The van der Waals surface area contributed by atoms with E-state index in [2.05, 4.69) is 4.72 Å². The molecule has 0 aliphatic rings. The summed E-state index contributed by atoms with van der Waals surface area (Å²) >= 11 is 7.83. The number of carbonyl (C=O) groups excluding carboxylic acids is 1. The minimum Gasteiger partial charge on any atom is -0.298 e. The molecular weight excluding hydrogens is 362 g/mol. The van der Waals surface area contributed by atoms with Crippen molar-refractivity contribution in [1.82, 2.24) is 4.72 Å². The van der Waals surface area contributed by atoms with Crippen LogP contribution in [0.2, 0.25) is 5.02 Å². The Morgan fingerprint density at radius 3 is 2.46 bits per heavy atom. The minimum absolute atomic E-state index is 0.349. The first-order valence-corrected chi connectivity index (χ1v) is 9.82. The number of hydrogen-bond donors (Lipinski definition) is 1. The summed E-state index contributed by atoms with van der Waals surface area (Å²) in [7, 11) is -1.18. The molecule has 0 heterocycles. The topological polar surface area (TPSA) is 46.2 Å². The van der Waals surface area contributed by atoms with Crippen molar-refractivity contribution in [3.8, 4) is 0 Å². The molecule has 3 nitrogen and oxygen atoms in total. The van der Waals surface area contributed by atoms with Gasteiger partial charge in [-0.15, -0.1) is 0 Å². The van der Waals surface area contributed by atoms with Gasteiger partial charge < -0.3 is 0 Å². The Kier molecular flexibility index (Phi) is 6.63. The third-order valence-corrected chi connectivity index (χ3v) is 6.35. The van der Waals surface area contributed by atoms with E-state index in [1.165, 1.54) is 11.8 Å². The molecule has 1 atom stereocenters. The summed E-state index contributed by atoms with van der Waals surface area (Å²) in [5.41, 5.74) is 1.52. The number of hydrogen-bond acceptors (Lipinski definition) is 3. The maximum Gasteiger partial charge on any atom is 0.151 e. The van der Waals surface area contributed by atoms with Gasteiger partial charge in [0.1, 0.15) is 0 Å². The third-order valence-electron chi connectivity index (χ3n) is 3.28. The van der Waals surface area contributed by atoms with Gasteiger partial charge in [-0.1, -0.05) is 47.6 Å². The van der Waals surface area contributed by atoms with Crippen LogP contribution in [0.15, 0.2) is 52.3 Å². The van der Waals surface area contributed by atoms with Gasteiger partial charge in [-0.2, -0.15) is 0 Å². The highest BCUT2D eigenvalue weighted by Gasteiger charge is 2.20. The van der Waals surface area contributed by atoms with Crippen LogP contribution in [0.5, 0.6) is 0 Å². The molecule has 0 aliphatic heterocycles. The standard InChI is InChI=1S/C18H20ClNO2S2/c1-18(2,3)24(22)20-11-14-15(19)8-6-10-17(14)23-16-9-5-4-7-13(16)12-21/h4-10,12,20H,11H2,1-3H3. The Morgan fingerprint density at radius 2 is 1.79 bits per heavy atom. The van der Waals surface area contributed by atoms with E-state index < -0.39 is 11.0 Å². The Balaban J connectivity index is 2.27. The van der Waals surface area contributed by atoms with Gasteiger partial charge in [0.25, 0.3) is 0 Å². The zero-order chi connectivity index (χ0) is 17.7. The van der Waals surface area contributed by atoms with Crippen molar-refractivity contribution >= 4 is 40.6 Å². The number of halogens is 1. The van der Waals surface area contributed by atoms with Crippen LogP contribution < -0.4 is 4.72 Å². The molecule has 1 unspecified atom stereocenters. The SMILES string of the molecule is CC(C)(C)S(=O)NCc1c(Cl)cccc1Sc1ccccc1C=O. The first-order chi connectivity index (χ1) is 11.3. The monoisotopic (exact) mass is 381 g/mol. The van der Waals surface area contributed by atoms with Crippen LogP contribution in [0.1, 0.15) is 36.7 Å². The van der Waals surface area contributed by atoms with Gasteiger partial charge in [-0.05, 0) is 44.5 Å². The molecule has 0 saturated heterocycles. The first-order valence-electron chi connectivity index (χ1n) is 7.47. The molecule has 2 rings (SSSR count). The number of nitrogens with one attached hydrogen (secondary N) is 1. The average Bonchev–Trinajstić information content (AvgIpc) is 2.53. The second kappa shape index (κ2) is 8.30. The number of benzene rings is 2. The average molecular weight is 382 g/mol. The molecule has 0 radical (unpaired) electrons. The van der Waals surface area contributed by atoms with E-state index in [-0.39, 0.29) is 4.75 Å². The van der Waals surface area contributed by atoms with Crippen molar-refractivity contribution in [3.63, 3.8) is 0 Å². The smallest absolute Gasteiger partial charge is 0.151 e. The molecule has 6 heteroatoms. The summed E-state index contributed by atoms with van der Waals surface area (Å²) in [6.07, 6.45) is 0.847. The number of rotatable bonds is 6. The fraction of sp³-hybridized carbons (Fsp3) is 0.278. The van der Waals surface area contributed by atoms with Crippen molar-refractivity contribution in [1.29, 1.82) is 0 Å². The quantitative estimate of drug-likeness (QED) is 0.727. The largest absolute Gasteiger partial charge is 0.298 e. The molecule has 0 aliphatic carbocycles. The Bertz CT molecular complexity index is 757. The van der Waals surface area contributed by atoms with E-state index >= 15 is 0 Å². The lowest BCUT2D eigenvalue weighted by molar-refractivity contribution is 0.112. The molecule has 2 aromatic rings. The molecule has 0 spiro atoms. The molecular formula is C18H20ClNO2S2. The summed E-state index contributed by atoms with van der Waals surface area (Å²) in [5, 5.41) is 0.613. The van der Waals surface area contributed by atoms with Crippen LogP contribution in [0, 0.1) is 0 Å². The summed E-state index contributed by atoms with van der Waals surface area (Å²) in [6.45, 7) is 6.14. The molecule has 0 saturated carbocycles. The summed E-state index contributed by atoms with van der Waals surface area (Å²) < 4.78 is 14.9. The van der Waals surface area contributed by atoms with Crippen LogP contribution in [0.4, 0.5) is 0 Å². The van der Waals surface area contributed by atoms with Gasteiger partial charge in [0.05, 0.1) is 15.7 Å². The number of aldehydes is 1. The Labute approximate surface area is 154 Å². The van der Waals surface area contributed by atoms with Gasteiger partial charge >= 0.3 is 0 Å². The van der Waals surface area contributed by atoms with Gasteiger partial charge in [0.2, 0.25) is 0 Å². The highest BCUT2D eigenvalue weighted by molar-refractivity contribution is 7.99. The van der Waals surface area contributed by atoms with Crippen molar-refractivity contribution in [2.24, 2.45) is 0 Å². The summed E-state index contributed by atoms with van der Waals surface area (Å²) in [4.78, 5) is 13.0. The second-order valence-corrected chi connectivity index (χ2v) is 9.72. The fourth-order valence-corrected chi connectivity index (χ4v) is 4.02. The first kappa shape index (κ1) is 19.2. The minimum atomic E-state index is -1.18. The zero-order valence-corrected chi connectivity index (χ0v) is 16.2. The van der Waals surface area contributed by atoms with Crippen molar-refractivity contribution < 1.29 is 9.00 Å². The van der Waals surface area contributed by atoms with E-state index in [0.717, 1.165) is 21.6 Å². The van der Waals surface area contributed by atoms with E-state index in [1.807, 2.05) is 57.2 Å². The summed E-state index contributed by atoms with van der Waals surface area (Å²) in [5.74, 6) is 0. The fourth-order valence-electron chi connectivity index (χ4n) is 1.95. The summed E-state index contributed by atoms with van der Waals surface area (Å²) in [6, 6.07) is 13.1. The maximum atomic E-state index is 12.2. The van der Waals surface area contributed by atoms with E-state index in [1.54, 1.807) is 6.07 Å². The lowest BCUT2D eigenvalue weighted by Gasteiger charge is -2.19. The number of carbonyl (C=O) groups is 1. The third kappa shape index (κ3) is 4.93. The van der Waals surface area contributed by atoms with Gasteiger partial charge in [0.15, 0.2) is 6.29 Å². The van der Waals surface area contributed by atoms with Crippen molar-refractivity contribution in [2.45, 2.75) is 41.9 Å². The van der Waals surface area contributed by atoms with Gasteiger partial charge in [-0.25, -0.2) is 8.93 Å². The van der Waals surface area contributed by atoms with Crippen LogP contribution in [0.3, 0.4) is 0 Å². The molecule has 0 bridgehead atoms. The van der Waals surface area contributed by atoms with Crippen molar-refractivity contribution in [3.05, 3.63) is 58.6 Å². The highest BCUT2D eigenvalue weighted by Crippen LogP contribution is 2.35. The molecule has 0 aromatic heterocycles. The second-order valence-electron chi connectivity index (χ2n) is 6.18. The van der Waals surface area contributed by atoms with Crippen LogP contribution in [-0.2, 0) is 17.5 Å². The Morgan fingerprint density at radius 1 is 1.12 bits per heavy atom.